The molecule has 2 atom stereocenters. The average Bonchev–Trinajstić information content (AvgIpc) is 3.11. The zero-order chi connectivity index (χ0) is 21.3. The van der Waals surface area contributed by atoms with Gasteiger partial charge in [0.15, 0.2) is 0 Å². The molecule has 30 heavy (non-hydrogen) atoms. The van der Waals surface area contributed by atoms with Crippen molar-refractivity contribution in [3.05, 3.63) is 64.8 Å². The molecule has 1 aliphatic rings. The van der Waals surface area contributed by atoms with Crippen LogP contribution in [-0.2, 0) is 20.0 Å². The van der Waals surface area contributed by atoms with Gasteiger partial charge in [0.1, 0.15) is 5.75 Å². The quantitative estimate of drug-likeness (QED) is 0.463. The summed E-state index contributed by atoms with van der Waals surface area (Å²) in [6.07, 6.45) is 2.98. The molecule has 2 heterocycles. The van der Waals surface area contributed by atoms with Crippen molar-refractivity contribution in [2.45, 2.75) is 18.9 Å². The van der Waals surface area contributed by atoms with Crippen LogP contribution in [0.4, 0.5) is 0 Å². The van der Waals surface area contributed by atoms with E-state index >= 15 is 0 Å². The van der Waals surface area contributed by atoms with Crippen molar-refractivity contribution < 1.29 is 18.3 Å². The Hall–Kier alpha value is -1.82. The molecule has 1 aromatic heterocycles. The first-order valence-corrected chi connectivity index (χ1v) is 11.8. The Morgan fingerprint density at radius 2 is 2.10 bits per heavy atom. The van der Waals surface area contributed by atoms with Crippen LogP contribution in [0.25, 0.3) is 10.9 Å². The number of hydrogen-bond acceptors (Lipinski definition) is 5. The van der Waals surface area contributed by atoms with Gasteiger partial charge in [-0.25, -0.2) is 4.57 Å². The van der Waals surface area contributed by atoms with Gasteiger partial charge < -0.3 is 9.64 Å². The molecule has 6 nitrogen and oxygen atoms in total. The highest BCUT2D eigenvalue weighted by Gasteiger charge is 2.38. The predicted octanol–water partition coefficient (Wildman–Crippen LogP) is 5.54. The molecule has 3 aromatic rings. The number of ether oxygens (including phenoxy) is 1. The normalized spacial score (nSPS) is 22.0. The third-order valence-electron chi connectivity index (χ3n) is 5.28. The summed E-state index contributed by atoms with van der Waals surface area (Å²) in [7, 11) is 2.13. The molecule has 160 valence electrons. The Morgan fingerprint density at radius 1 is 1.27 bits per heavy atom. The van der Waals surface area contributed by atoms with E-state index in [0.29, 0.717) is 18.1 Å². The molecule has 1 aliphatic heterocycles. The van der Waals surface area contributed by atoms with Crippen LogP contribution in [-0.4, -0.2) is 43.6 Å². The Kier molecular flexibility index (Phi) is 6.24. The molecule has 1 saturated heterocycles. The van der Waals surface area contributed by atoms with Gasteiger partial charge in [-0.2, -0.15) is 0 Å². The molecular weight excluding hydrogens is 423 g/mol. The summed E-state index contributed by atoms with van der Waals surface area (Å²) in [5.74, 6) is 0.756. The highest BCUT2D eigenvalue weighted by Crippen LogP contribution is 2.58. The fraction of sp³-hybridized carbons (Fsp3) is 0.364. The topological polar surface area (TPSA) is 52.9 Å². The highest BCUT2D eigenvalue weighted by molar-refractivity contribution is 7.52. The largest absolute Gasteiger partial charge is 0.497 e. The van der Waals surface area contributed by atoms with Crippen LogP contribution in [0.3, 0.4) is 0 Å². The average molecular weight is 449 g/mol. The second-order valence-electron chi connectivity index (χ2n) is 7.67. The summed E-state index contributed by atoms with van der Waals surface area (Å²) in [5, 5.41) is 1.62. The van der Waals surface area contributed by atoms with E-state index in [0.717, 1.165) is 40.7 Å². The van der Waals surface area contributed by atoms with E-state index in [-0.39, 0.29) is 6.10 Å². The maximum atomic E-state index is 13.9. The van der Waals surface area contributed by atoms with E-state index < -0.39 is 7.75 Å². The highest BCUT2D eigenvalue weighted by atomic mass is 35.5. The second-order valence-corrected chi connectivity index (χ2v) is 9.95. The van der Waals surface area contributed by atoms with Crippen LogP contribution in [0.15, 0.2) is 48.7 Å². The first kappa shape index (κ1) is 21.4. The van der Waals surface area contributed by atoms with Gasteiger partial charge >= 0.3 is 7.75 Å². The number of methoxy groups -OCH3 is 1. The summed E-state index contributed by atoms with van der Waals surface area (Å²) < 4.78 is 32.8. The van der Waals surface area contributed by atoms with E-state index in [1.54, 1.807) is 11.4 Å². The predicted molar refractivity (Wildman–Crippen MR) is 120 cm³/mol. The number of rotatable bonds is 6. The number of aromatic nitrogens is 1. The molecule has 0 amide bonds. The fourth-order valence-corrected chi connectivity index (χ4v) is 5.79. The van der Waals surface area contributed by atoms with Crippen molar-refractivity contribution in [2.75, 3.05) is 34.4 Å². The van der Waals surface area contributed by atoms with E-state index in [4.69, 9.17) is 25.4 Å². The maximum absolute atomic E-state index is 13.9. The molecule has 0 radical (unpaired) electrons. The van der Waals surface area contributed by atoms with Gasteiger partial charge in [0.05, 0.1) is 25.3 Å². The van der Waals surface area contributed by atoms with E-state index in [2.05, 4.69) is 4.90 Å². The van der Waals surface area contributed by atoms with Gasteiger partial charge in [-0.15, -0.1) is 0 Å². The Bertz CT molecular complexity index is 1100. The summed E-state index contributed by atoms with van der Waals surface area (Å²) in [5.41, 5.74) is 2.78. The SMILES string of the molecule is COc1ccc2c(c1)c(CCN(C)C)cn2P1(=O)OCCC(c2cccc(Cl)c2)O1. The van der Waals surface area contributed by atoms with Gasteiger partial charge in [-0.1, -0.05) is 23.7 Å². The van der Waals surface area contributed by atoms with Crippen LogP contribution in [0.5, 0.6) is 5.75 Å². The van der Waals surface area contributed by atoms with Crippen molar-refractivity contribution in [2.24, 2.45) is 0 Å². The second kappa shape index (κ2) is 8.74. The maximum Gasteiger partial charge on any atom is 0.439 e. The van der Waals surface area contributed by atoms with Crippen LogP contribution >= 0.6 is 19.3 Å². The fourth-order valence-electron chi connectivity index (χ4n) is 3.70. The lowest BCUT2D eigenvalue weighted by atomic mass is 10.1. The number of benzene rings is 2. The van der Waals surface area contributed by atoms with E-state index in [9.17, 15) is 4.57 Å². The number of fused-ring (bicyclic) bond motifs is 1. The molecule has 2 aromatic carbocycles. The number of likely N-dealkylation sites (N-methyl/N-ethyl adjacent to an activating group) is 1. The molecule has 0 bridgehead atoms. The van der Waals surface area contributed by atoms with Gasteiger partial charge in [0.2, 0.25) is 0 Å². The minimum Gasteiger partial charge on any atom is -0.497 e. The van der Waals surface area contributed by atoms with Gasteiger partial charge in [-0.05, 0) is 62.0 Å². The van der Waals surface area contributed by atoms with Crippen molar-refractivity contribution >= 4 is 30.3 Å². The van der Waals surface area contributed by atoms with Crippen LogP contribution in [0, 0.1) is 0 Å². The zero-order valence-electron chi connectivity index (χ0n) is 17.4. The monoisotopic (exact) mass is 448 g/mol. The molecule has 4 rings (SSSR count). The lowest BCUT2D eigenvalue weighted by Crippen LogP contribution is -2.17. The third kappa shape index (κ3) is 4.29. The molecular formula is C22H26ClN2O4P. The minimum absolute atomic E-state index is 0.343. The molecule has 2 unspecified atom stereocenters. The van der Waals surface area contributed by atoms with Crippen LogP contribution in [0.2, 0.25) is 5.02 Å². The summed E-state index contributed by atoms with van der Waals surface area (Å²) in [6, 6.07) is 13.2. The third-order valence-corrected chi connectivity index (χ3v) is 7.41. The summed E-state index contributed by atoms with van der Waals surface area (Å²) in [4.78, 5) is 2.12. The molecule has 0 saturated carbocycles. The Morgan fingerprint density at radius 3 is 2.83 bits per heavy atom. The Balaban J connectivity index is 1.74. The summed E-state index contributed by atoms with van der Waals surface area (Å²) >= 11 is 6.15. The summed E-state index contributed by atoms with van der Waals surface area (Å²) in [6.45, 7) is 1.21. The van der Waals surface area contributed by atoms with Gasteiger partial charge in [-0.3, -0.25) is 13.4 Å². The van der Waals surface area contributed by atoms with Crippen LogP contribution < -0.4 is 4.74 Å². The zero-order valence-corrected chi connectivity index (χ0v) is 19.0. The van der Waals surface area contributed by atoms with Crippen molar-refractivity contribution in [3.8, 4) is 5.75 Å². The molecule has 0 spiro atoms. The van der Waals surface area contributed by atoms with Crippen LogP contribution in [0.1, 0.15) is 23.7 Å². The first-order chi connectivity index (χ1) is 14.4. The van der Waals surface area contributed by atoms with Crippen molar-refractivity contribution in [3.63, 3.8) is 0 Å². The molecule has 8 heteroatoms. The smallest absolute Gasteiger partial charge is 0.439 e. The number of nitrogens with zero attached hydrogens (tertiary/aromatic N) is 2. The minimum atomic E-state index is -3.58. The standard InChI is InChI=1S/C22H26ClN2O4P/c1-24(2)11-9-17-15-25(21-8-7-19(27-3)14-20(17)21)30(26)28-12-10-22(29-30)16-5-4-6-18(23)13-16/h4-8,13-15,22H,9-12H2,1-3H3. The van der Waals surface area contributed by atoms with E-state index in [1.165, 1.54) is 0 Å². The lowest BCUT2D eigenvalue weighted by molar-refractivity contribution is 0.0771. The van der Waals surface area contributed by atoms with E-state index in [1.807, 2.05) is 62.8 Å². The molecule has 1 fully saturated rings. The molecule has 0 aliphatic carbocycles. The van der Waals surface area contributed by atoms with Gasteiger partial charge in [0, 0.05) is 29.6 Å². The number of hydrogen-bond donors (Lipinski definition) is 0. The van der Waals surface area contributed by atoms with Crippen molar-refractivity contribution in [1.29, 1.82) is 0 Å². The van der Waals surface area contributed by atoms with Gasteiger partial charge in [0.25, 0.3) is 0 Å². The molecule has 0 N–H and O–H groups in total. The Labute approximate surface area is 181 Å². The number of halogens is 1. The first-order valence-electron chi connectivity index (χ1n) is 9.91. The van der Waals surface area contributed by atoms with Crippen molar-refractivity contribution in [1.82, 2.24) is 9.24 Å². The lowest BCUT2D eigenvalue weighted by Gasteiger charge is -2.30.